The molecule has 2 fully saturated rings. The van der Waals surface area contributed by atoms with Crippen molar-refractivity contribution < 1.29 is 44.1 Å². The molecule has 4 rings (SSSR count). The lowest BCUT2D eigenvalue weighted by Crippen LogP contribution is -2.46. The number of carbonyl (C=O) groups is 2. The van der Waals surface area contributed by atoms with Crippen LogP contribution in [0.5, 0.6) is 0 Å². The second kappa shape index (κ2) is 15.2. The van der Waals surface area contributed by atoms with Crippen LogP contribution in [0, 0.1) is 6.61 Å². The molecule has 7 atom stereocenters. The van der Waals surface area contributed by atoms with E-state index in [1.54, 1.807) is 41.2 Å². The number of hydrogen-bond acceptors (Lipinski definition) is 9. The summed E-state index contributed by atoms with van der Waals surface area (Å²) in [6, 6.07) is 6.51. The summed E-state index contributed by atoms with van der Waals surface area (Å²) in [5.41, 5.74) is 10.9. The maximum absolute atomic E-state index is 11.1. The molecule has 2 amide bonds. The first kappa shape index (κ1) is 31.9. The van der Waals surface area contributed by atoms with Gasteiger partial charge in [0.25, 0.3) is 24.8 Å². The Morgan fingerprint density at radius 2 is 1.59 bits per heavy atom. The van der Waals surface area contributed by atoms with Crippen LogP contribution in [0.1, 0.15) is 61.1 Å². The van der Waals surface area contributed by atoms with Crippen LogP contribution in [0.3, 0.4) is 0 Å². The van der Waals surface area contributed by atoms with Crippen molar-refractivity contribution in [2.24, 2.45) is 11.5 Å². The fourth-order valence-corrected chi connectivity index (χ4v) is 3.52. The average molecular weight is 523 g/mol. The van der Waals surface area contributed by atoms with Gasteiger partial charge in [0.05, 0.1) is 11.7 Å². The lowest BCUT2D eigenvalue weighted by molar-refractivity contribution is -0.765. The minimum atomic E-state index is -1.02. The molecule has 2 aliphatic heterocycles. The number of nitrogens with zero attached hydrogens (tertiary/aromatic N) is 2. The topological polar surface area (TPSA) is 202 Å². The standard InChI is InChI=1S/C12H16N2O4.C6H6N2O.C6H11O3.CH4/c1-2-8-9(15)10(16)12(18-8)14-5-3-4-7(6-14)11(13)17;7-6(9)5-2-1-3-8-4-5;1-2-5-6(8)4(7)3-9-5;/h3-6,8-10,12,15-16H,2H2,1H3,(H-,13,17);1-4H,(H2,7,9);3-8H,2H2,1H3;1H4/q;;+1;/p+1. The van der Waals surface area contributed by atoms with E-state index >= 15 is 0 Å². The zero-order chi connectivity index (χ0) is 26.8. The molecule has 7 unspecified atom stereocenters. The lowest BCUT2D eigenvalue weighted by atomic mass is 10.1. The number of pyridine rings is 2. The maximum atomic E-state index is 11.1. The number of rotatable bonds is 5. The molecule has 2 saturated heterocycles. The number of aliphatic hydroxyl groups is 4. The monoisotopic (exact) mass is 522 g/mol. The SMILES string of the molecule is C.CCC1OC([n+]2cccc(C(N)=O)c2)C(O)C1O.CCC1O[CH+]C(O)C1O.NC(=O)c1cccnc1. The van der Waals surface area contributed by atoms with Gasteiger partial charge in [0.1, 0.15) is 17.8 Å². The highest BCUT2D eigenvalue weighted by atomic mass is 16.6. The summed E-state index contributed by atoms with van der Waals surface area (Å²) in [4.78, 5) is 25.2. The molecule has 12 heteroatoms. The van der Waals surface area contributed by atoms with E-state index in [-0.39, 0.29) is 13.5 Å². The molecule has 2 aliphatic rings. The molecule has 0 saturated carbocycles. The summed E-state index contributed by atoms with van der Waals surface area (Å²) in [6.45, 7) is 5.05. The highest BCUT2D eigenvalue weighted by Crippen LogP contribution is 2.27. The van der Waals surface area contributed by atoms with Crippen molar-refractivity contribution in [3.63, 3.8) is 0 Å². The number of aliphatic hydroxyl groups excluding tert-OH is 4. The molecule has 0 aliphatic carbocycles. The fourth-order valence-electron chi connectivity index (χ4n) is 3.52. The van der Waals surface area contributed by atoms with E-state index in [4.69, 9.17) is 31.2 Å². The van der Waals surface area contributed by atoms with Gasteiger partial charge in [-0.15, -0.1) is 0 Å². The van der Waals surface area contributed by atoms with Crippen LogP contribution in [0.4, 0.5) is 0 Å². The van der Waals surface area contributed by atoms with Gasteiger partial charge in [0.15, 0.2) is 24.6 Å². The Kier molecular flexibility index (Phi) is 13.1. The Morgan fingerprint density at radius 1 is 0.973 bits per heavy atom. The van der Waals surface area contributed by atoms with Gasteiger partial charge < -0.3 is 36.6 Å². The number of carbonyl (C=O) groups excluding carboxylic acids is 2. The average Bonchev–Trinajstić information content (AvgIpc) is 3.37. The van der Waals surface area contributed by atoms with Crippen molar-refractivity contribution in [2.75, 3.05) is 0 Å². The van der Waals surface area contributed by atoms with Crippen LogP contribution < -0.4 is 16.0 Å². The Balaban J connectivity index is 0.000000304. The van der Waals surface area contributed by atoms with E-state index in [9.17, 15) is 19.8 Å². The van der Waals surface area contributed by atoms with Crippen molar-refractivity contribution in [2.45, 2.75) is 77.0 Å². The Morgan fingerprint density at radius 3 is 2.00 bits per heavy atom. The summed E-state index contributed by atoms with van der Waals surface area (Å²) < 4.78 is 12.0. The second-order valence-electron chi connectivity index (χ2n) is 8.16. The highest BCUT2D eigenvalue weighted by molar-refractivity contribution is 5.92. The number of aromatic nitrogens is 2. The van der Waals surface area contributed by atoms with E-state index in [0.29, 0.717) is 17.5 Å². The minimum Gasteiger partial charge on any atom is -0.387 e. The van der Waals surface area contributed by atoms with Gasteiger partial charge in [-0.3, -0.25) is 14.6 Å². The van der Waals surface area contributed by atoms with Gasteiger partial charge in [-0.1, -0.05) is 21.3 Å². The molecular weight excluding hydrogens is 484 g/mol. The molecule has 12 nitrogen and oxygen atoms in total. The molecule has 37 heavy (non-hydrogen) atoms. The Bertz CT molecular complexity index is 980. The van der Waals surface area contributed by atoms with Gasteiger partial charge in [0, 0.05) is 18.5 Å². The van der Waals surface area contributed by atoms with Crippen LogP contribution in [-0.4, -0.2) is 73.8 Å². The van der Waals surface area contributed by atoms with Crippen molar-refractivity contribution in [3.05, 3.63) is 66.8 Å². The molecule has 2 aromatic heterocycles. The van der Waals surface area contributed by atoms with Gasteiger partial charge >= 0.3 is 0 Å². The lowest BCUT2D eigenvalue weighted by Gasteiger charge is -2.10. The Hall–Kier alpha value is -3.13. The summed E-state index contributed by atoms with van der Waals surface area (Å²) >= 11 is 0. The van der Waals surface area contributed by atoms with Crippen molar-refractivity contribution in [3.8, 4) is 0 Å². The minimum absolute atomic E-state index is 0. The second-order valence-corrected chi connectivity index (χ2v) is 8.16. The smallest absolute Gasteiger partial charge is 0.291 e. The third kappa shape index (κ3) is 8.74. The van der Waals surface area contributed by atoms with E-state index in [1.807, 2.05) is 13.8 Å². The zero-order valence-corrected chi connectivity index (χ0v) is 20.1. The van der Waals surface area contributed by atoms with Crippen molar-refractivity contribution in [1.29, 1.82) is 0 Å². The zero-order valence-electron chi connectivity index (χ0n) is 20.1. The summed E-state index contributed by atoms with van der Waals surface area (Å²) in [5.74, 6) is -0.993. The first-order valence-corrected chi connectivity index (χ1v) is 11.5. The highest BCUT2D eigenvalue weighted by Gasteiger charge is 2.47. The molecular formula is C25H38N4O8+2. The molecule has 8 N–H and O–H groups in total. The largest absolute Gasteiger partial charge is 0.387 e. The Labute approximate surface area is 216 Å². The summed E-state index contributed by atoms with van der Waals surface area (Å²) in [7, 11) is 0. The van der Waals surface area contributed by atoms with Crippen LogP contribution >= 0.6 is 0 Å². The van der Waals surface area contributed by atoms with Crippen molar-refractivity contribution >= 4 is 11.8 Å². The molecule has 0 radical (unpaired) electrons. The van der Waals surface area contributed by atoms with E-state index in [2.05, 4.69) is 4.98 Å². The third-order valence-corrected chi connectivity index (χ3v) is 5.61. The van der Waals surface area contributed by atoms with Crippen LogP contribution in [0.25, 0.3) is 0 Å². The predicted octanol–water partition coefficient (Wildman–Crippen LogP) is -0.402. The van der Waals surface area contributed by atoms with Gasteiger partial charge in [-0.05, 0) is 31.0 Å². The van der Waals surface area contributed by atoms with Gasteiger partial charge in [-0.2, -0.15) is 9.30 Å². The molecule has 0 spiro atoms. The number of nitrogens with two attached hydrogens (primary N) is 2. The number of primary amides is 2. The van der Waals surface area contributed by atoms with E-state index in [0.717, 1.165) is 6.42 Å². The molecule has 0 aromatic carbocycles. The van der Waals surface area contributed by atoms with Crippen LogP contribution in [0.15, 0.2) is 49.1 Å². The maximum Gasteiger partial charge on any atom is 0.291 e. The quantitative estimate of drug-likeness (QED) is 0.223. The molecule has 2 aromatic rings. The van der Waals surface area contributed by atoms with Gasteiger partial charge in [0.2, 0.25) is 5.91 Å². The number of ether oxygens (including phenoxy) is 2. The fraction of sp³-hybridized carbons (Fsp3) is 0.480. The first-order valence-electron chi connectivity index (χ1n) is 11.5. The number of amides is 2. The van der Waals surface area contributed by atoms with E-state index in [1.165, 1.54) is 19.0 Å². The first-order chi connectivity index (χ1) is 17.1. The normalized spacial score (nSPS) is 27.9. The summed E-state index contributed by atoms with van der Waals surface area (Å²) in [6.07, 6.45) is 2.72. The van der Waals surface area contributed by atoms with Crippen LogP contribution in [0.2, 0.25) is 0 Å². The number of hydrogen-bond donors (Lipinski definition) is 6. The van der Waals surface area contributed by atoms with Gasteiger partial charge in [-0.25, -0.2) is 0 Å². The molecule has 4 heterocycles. The molecule has 0 bridgehead atoms. The predicted molar refractivity (Wildman–Crippen MR) is 132 cm³/mol. The van der Waals surface area contributed by atoms with Crippen molar-refractivity contribution in [1.82, 2.24) is 4.98 Å². The summed E-state index contributed by atoms with van der Waals surface area (Å²) in [5, 5.41) is 37.6. The third-order valence-electron chi connectivity index (χ3n) is 5.61. The van der Waals surface area contributed by atoms with Crippen LogP contribution in [-0.2, 0) is 9.47 Å². The molecule has 204 valence electrons. The van der Waals surface area contributed by atoms with E-state index < -0.39 is 48.6 Å².